The molecule has 31 heavy (non-hydrogen) atoms. The Labute approximate surface area is 196 Å². The highest BCUT2D eigenvalue weighted by atomic mass is 79.9. The number of halogens is 2. The van der Waals surface area contributed by atoms with Crippen molar-refractivity contribution in [1.29, 1.82) is 0 Å². The molecule has 0 aromatic heterocycles. The van der Waals surface area contributed by atoms with E-state index in [1.165, 1.54) is 11.0 Å². The van der Waals surface area contributed by atoms with Gasteiger partial charge in [-0.05, 0) is 43.7 Å². The van der Waals surface area contributed by atoms with Crippen LogP contribution in [0, 0.1) is 0 Å². The summed E-state index contributed by atoms with van der Waals surface area (Å²) in [6, 6.07) is 12.9. The first-order valence-corrected chi connectivity index (χ1v) is 12.6. The van der Waals surface area contributed by atoms with Crippen LogP contribution in [0.4, 0.5) is 5.69 Å². The third-order valence-corrected chi connectivity index (χ3v) is 6.50. The fourth-order valence-electron chi connectivity index (χ4n) is 2.99. The normalized spacial score (nSPS) is 12.2. The van der Waals surface area contributed by atoms with Gasteiger partial charge in [-0.2, -0.15) is 0 Å². The standard InChI is InChI=1S/C21H25BrClN3O4S/c1-4-24-21(28)15(2)25(13-16-8-7-9-17(22)12-16)20(27)14-26(31(3,29)30)19-11-6-5-10-18(19)23/h5-12,15H,4,13-14H2,1-3H3,(H,24,28)/t15-/m1/s1. The van der Waals surface area contributed by atoms with Crippen LogP contribution in [0.15, 0.2) is 53.0 Å². The van der Waals surface area contributed by atoms with Crippen molar-refractivity contribution in [2.75, 3.05) is 23.7 Å². The van der Waals surface area contributed by atoms with Gasteiger partial charge in [-0.25, -0.2) is 8.42 Å². The first-order valence-electron chi connectivity index (χ1n) is 9.58. The molecule has 1 atom stereocenters. The SMILES string of the molecule is CCNC(=O)[C@@H](C)N(Cc1cccc(Br)c1)C(=O)CN(c1ccccc1Cl)S(C)(=O)=O. The molecule has 0 saturated heterocycles. The molecule has 0 aliphatic carbocycles. The fourth-order valence-corrected chi connectivity index (χ4v) is 4.58. The van der Waals surface area contributed by atoms with E-state index in [0.717, 1.165) is 20.6 Å². The summed E-state index contributed by atoms with van der Waals surface area (Å²) in [4.78, 5) is 27.2. The molecule has 0 spiro atoms. The van der Waals surface area contributed by atoms with Crippen LogP contribution >= 0.6 is 27.5 Å². The topological polar surface area (TPSA) is 86.8 Å². The number of nitrogens with one attached hydrogen (secondary N) is 1. The lowest BCUT2D eigenvalue weighted by atomic mass is 10.1. The molecule has 10 heteroatoms. The van der Waals surface area contributed by atoms with E-state index in [9.17, 15) is 18.0 Å². The average molecular weight is 531 g/mol. The molecule has 0 unspecified atom stereocenters. The Morgan fingerprint density at radius 1 is 1.16 bits per heavy atom. The van der Waals surface area contributed by atoms with Crippen LogP contribution < -0.4 is 9.62 Å². The average Bonchev–Trinajstić information content (AvgIpc) is 2.69. The van der Waals surface area contributed by atoms with Crippen molar-refractivity contribution in [3.8, 4) is 0 Å². The quantitative estimate of drug-likeness (QED) is 0.538. The van der Waals surface area contributed by atoms with Gasteiger partial charge in [0.15, 0.2) is 0 Å². The predicted molar refractivity (Wildman–Crippen MR) is 126 cm³/mol. The van der Waals surface area contributed by atoms with E-state index in [2.05, 4.69) is 21.2 Å². The maximum absolute atomic E-state index is 13.3. The summed E-state index contributed by atoms with van der Waals surface area (Å²) >= 11 is 9.59. The summed E-state index contributed by atoms with van der Waals surface area (Å²) in [7, 11) is -3.81. The molecule has 1 N–H and O–H groups in total. The molecule has 0 aliphatic heterocycles. The number of carbonyl (C=O) groups excluding carboxylic acids is 2. The summed E-state index contributed by atoms with van der Waals surface area (Å²) in [5, 5.41) is 2.91. The Morgan fingerprint density at radius 3 is 2.42 bits per heavy atom. The predicted octanol–water partition coefficient (Wildman–Crippen LogP) is 3.42. The van der Waals surface area contributed by atoms with Crippen molar-refractivity contribution in [3.63, 3.8) is 0 Å². The summed E-state index contributed by atoms with van der Waals surface area (Å²) in [5.74, 6) is -0.849. The molecular weight excluding hydrogens is 506 g/mol. The van der Waals surface area contributed by atoms with Crippen LogP contribution in [0.1, 0.15) is 19.4 Å². The summed E-state index contributed by atoms with van der Waals surface area (Å²) in [5.41, 5.74) is 0.996. The maximum Gasteiger partial charge on any atom is 0.244 e. The zero-order valence-electron chi connectivity index (χ0n) is 17.5. The highest BCUT2D eigenvalue weighted by Gasteiger charge is 2.30. The lowest BCUT2D eigenvalue weighted by Crippen LogP contribution is -2.51. The number of rotatable bonds is 9. The summed E-state index contributed by atoms with van der Waals surface area (Å²) < 4.78 is 26.7. The Balaban J connectivity index is 2.40. The molecule has 168 valence electrons. The van der Waals surface area contributed by atoms with E-state index in [1.807, 2.05) is 24.3 Å². The smallest absolute Gasteiger partial charge is 0.244 e. The second-order valence-corrected chi connectivity index (χ2v) is 10.2. The van der Waals surface area contributed by atoms with Gasteiger partial charge in [0.05, 0.1) is 17.0 Å². The van der Waals surface area contributed by atoms with Gasteiger partial charge in [-0.1, -0.05) is 51.8 Å². The highest BCUT2D eigenvalue weighted by Crippen LogP contribution is 2.27. The second-order valence-electron chi connectivity index (χ2n) is 6.94. The number of nitrogens with zero attached hydrogens (tertiary/aromatic N) is 2. The zero-order valence-corrected chi connectivity index (χ0v) is 20.7. The Kier molecular flexibility index (Phi) is 8.90. The van der Waals surface area contributed by atoms with Crippen molar-refractivity contribution < 1.29 is 18.0 Å². The zero-order chi connectivity index (χ0) is 23.2. The van der Waals surface area contributed by atoms with Crippen molar-refractivity contribution in [3.05, 3.63) is 63.6 Å². The Bertz CT molecular complexity index is 1050. The van der Waals surface area contributed by atoms with Crippen molar-refractivity contribution in [2.45, 2.75) is 26.4 Å². The van der Waals surface area contributed by atoms with Gasteiger partial charge in [0.25, 0.3) is 0 Å². The van der Waals surface area contributed by atoms with Gasteiger partial charge < -0.3 is 10.2 Å². The minimum absolute atomic E-state index is 0.136. The van der Waals surface area contributed by atoms with Crippen LogP contribution in [-0.4, -0.2) is 50.5 Å². The van der Waals surface area contributed by atoms with E-state index < -0.39 is 28.5 Å². The maximum atomic E-state index is 13.3. The lowest BCUT2D eigenvalue weighted by Gasteiger charge is -2.31. The second kappa shape index (κ2) is 11.0. The molecule has 0 aliphatic rings. The van der Waals surface area contributed by atoms with Gasteiger partial charge in [-0.15, -0.1) is 0 Å². The number of carbonyl (C=O) groups is 2. The number of amides is 2. The minimum Gasteiger partial charge on any atom is -0.355 e. The van der Waals surface area contributed by atoms with Gasteiger partial charge in [-0.3, -0.25) is 13.9 Å². The molecular formula is C21H25BrClN3O4S. The number of sulfonamides is 1. The molecule has 2 rings (SSSR count). The van der Waals surface area contributed by atoms with Crippen LogP contribution in [0.2, 0.25) is 5.02 Å². The van der Waals surface area contributed by atoms with Gasteiger partial charge in [0.1, 0.15) is 12.6 Å². The molecule has 2 amide bonds. The first kappa shape index (κ1) is 25.2. The van der Waals surface area contributed by atoms with Gasteiger partial charge in [0.2, 0.25) is 21.8 Å². The molecule has 2 aromatic carbocycles. The summed E-state index contributed by atoms with van der Waals surface area (Å²) in [6.45, 7) is 3.46. The van der Waals surface area contributed by atoms with Crippen molar-refractivity contribution in [2.24, 2.45) is 0 Å². The monoisotopic (exact) mass is 529 g/mol. The number of hydrogen-bond donors (Lipinski definition) is 1. The largest absolute Gasteiger partial charge is 0.355 e. The Hall–Kier alpha value is -2.10. The van der Waals surface area contributed by atoms with Crippen LogP contribution in [0.25, 0.3) is 0 Å². The molecule has 7 nitrogen and oxygen atoms in total. The van der Waals surface area contributed by atoms with E-state index in [1.54, 1.807) is 32.0 Å². The van der Waals surface area contributed by atoms with E-state index in [0.29, 0.717) is 6.54 Å². The van der Waals surface area contributed by atoms with E-state index in [-0.39, 0.29) is 23.2 Å². The van der Waals surface area contributed by atoms with E-state index >= 15 is 0 Å². The molecule has 2 aromatic rings. The number of anilines is 1. The van der Waals surface area contributed by atoms with Crippen LogP contribution in [0.5, 0.6) is 0 Å². The number of para-hydroxylation sites is 1. The van der Waals surface area contributed by atoms with Gasteiger partial charge in [0, 0.05) is 17.6 Å². The molecule has 0 saturated carbocycles. The lowest BCUT2D eigenvalue weighted by molar-refractivity contribution is -0.139. The molecule has 0 radical (unpaired) electrons. The molecule has 0 fully saturated rings. The first-order chi connectivity index (χ1) is 14.5. The fraction of sp³-hybridized carbons (Fsp3) is 0.333. The molecule has 0 heterocycles. The number of hydrogen-bond acceptors (Lipinski definition) is 4. The van der Waals surface area contributed by atoms with Crippen LogP contribution in [-0.2, 0) is 26.2 Å². The number of benzene rings is 2. The van der Waals surface area contributed by atoms with Crippen LogP contribution in [0.3, 0.4) is 0 Å². The highest BCUT2D eigenvalue weighted by molar-refractivity contribution is 9.10. The Morgan fingerprint density at radius 2 is 1.84 bits per heavy atom. The minimum atomic E-state index is -3.81. The molecule has 0 bridgehead atoms. The van der Waals surface area contributed by atoms with E-state index in [4.69, 9.17) is 11.6 Å². The number of likely N-dealkylation sites (N-methyl/N-ethyl adjacent to an activating group) is 1. The van der Waals surface area contributed by atoms with Gasteiger partial charge >= 0.3 is 0 Å². The third kappa shape index (κ3) is 6.95. The summed E-state index contributed by atoms with van der Waals surface area (Å²) in [6.07, 6.45) is 1.01. The van der Waals surface area contributed by atoms with Crippen molar-refractivity contribution in [1.82, 2.24) is 10.2 Å². The third-order valence-electron chi connectivity index (χ3n) is 4.56. The van der Waals surface area contributed by atoms with Crippen molar-refractivity contribution >= 4 is 55.1 Å².